The second-order valence-corrected chi connectivity index (χ2v) is 3.91. The van der Waals surface area contributed by atoms with Crippen LogP contribution in [0.5, 0.6) is 0 Å². The minimum atomic E-state index is -0.995. The van der Waals surface area contributed by atoms with Gasteiger partial charge < -0.3 is 9.90 Å². The largest absolute Gasteiger partial charge is 0.550 e. The summed E-state index contributed by atoms with van der Waals surface area (Å²) in [6.07, 6.45) is 4.98. The summed E-state index contributed by atoms with van der Waals surface area (Å²) in [5.74, 6) is -0.360. The Balaban J connectivity index is 2.74. The number of hydrogen-bond donors (Lipinski definition) is 0. The maximum Gasteiger partial charge on any atom is 0.253 e. The van der Waals surface area contributed by atoms with E-state index in [4.69, 9.17) is 0 Å². The number of hydrogen-bond acceptors (Lipinski definition) is 2. The molecule has 0 aliphatic heterocycles. The van der Waals surface area contributed by atoms with E-state index in [-0.39, 0.29) is 0 Å². The van der Waals surface area contributed by atoms with Gasteiger partial charge in [-0.2, -0.15) is 0 Å². The number of carboxylic acids is 1. The van der Waals surface area contributed by atoms with Crippen molar-refractivity contribution in [2.75, 3.05) is 0 Å². The lowest BCUT2D eigenvalue weighted by molar-refractivity contribution is -0.707. The van der Waals surface area contributed by atoms with Gasteiger partial charge in [-0.05, 0) is 6.42 Å². The summed E-state index contributed by atoms with van der Waals surface area (Å²) in [5, 5.41) is 10.6. The Hall–Kier alpha value is -1.32. The van der Waals surface area contributed by atoms with Crippen LogP contribution < -0.4 is 9.67 Å². The molecule has 0 N–H and O–H groups in total. The van der Waals surface area contributed by atoms with E-state index in [2.05, 4.69) is 11.5 Å². The van der Waals surface area contributed by atoms with E-state index in [1.165, 1.54) is 0 Å². The van der Waals surface area contributed by atoms with Crippen LogP contribution >= 0.6 is 0 Å². The molecule has 0 aliphatic carbocycles. The predicted molar refractivity (Wildman–Crippen MR) is 53.8 cm³/mol. The Kier molecular flexibility index (Phi) is 3.88. The zero-order valence-corrected chi connectivity index (χ0v) is 9.56. The van der Waals surface area contributed by atoms with E-state index in [9.17, 15) is 9.90 Å². The molecule has 1 aromatic heterocycles. The Labute approximate surface area is 90.2 Å². The van der Waals surface area contributed by atoms with Crippen molar-refractivity contribution in [3.8, 4) is 0 Å². The topological polar surface area (TPSA) is 48.9 Å². The second kappa shape index (κ2) is 4.96. The van der Waals surface area contributed by atoms with Crippen molar-refractivity contribution < 1.29 is 14.5 Å². The summed E-state index contributed by atoms with van der Waals surface area (Å²) in [6.45, 7) is 7.23. The fourth-order valence-electron chi connectivity index (χ4n) is 1.58. The maximum atomic E-state index is 10.6. The Morgan fingerprint density at radius 3 is 2.87 bits per heavy atom. The van der Waals surface area contributed by atoms with Gasteiger partial charge >= 0.3 is 0 Å². The molecule has 0 radical (unpaired) electrons. The van der Waals surface area contributed by atoms with Crippen LogP contribution in [0.1, 0.15) is 26.1 Å². The summed E-state index contributed by atoms with van der Waals surface area (Å²) in [5.41, 5.74) is 0. The molecule has 4 heteroatoms. The number of aliphatic carboxylic acids is 1. The number of carbonyl (C=O) groups is 1. The van der Waals surface area contributed by atoms with Crippen LogP contribution in [-0.2, 0) is 17.9 Å². The molecule has 15 heavy (non-hydrogen) atoms. The van der Waals surface area contributed by atoms with Crippen molar-refractivity contribution in [3.05, 3.63) is 18.2 Å². The first-order valence-corrected chi connectivity index (χ1v) is 5.32. The monoisotopic (exact) mass is 210 g/mol. The molecule has 1 rings (SSSR count). The lowest BCUT2D eigenvalue weighted by Crippen LogP contribution is -2.44. The van der Waals surface area contributed by atoms with Crippen molar-refractivity contribution in [2.24, 2.45) is 5.92 Å². The number of carbonyl (C=O) groups excluding carboxylic acids is 1. The van der Waals surface area contributed by atoms with E-state index in [0.29, 0.717) is 6.54 Å². The van der Waals surface area contributed by atoms with Gasteiger partial charge in [0.2, 0.25) is 0 Å². The van der Waals surface area contributed by atoms with Gasteiger partial charge in [0.15, 0.2) is 0 Å². The fourth-order valence-corrected chi connectivity index (χ4v) is 1.58. The molecular formula is C11H18N2O2. The van der Waals surface area contributed by atoms with E-state index < -0.39 is 11.9 Å². The van der Waals surface area contributed by atoms with Gasteiger partial charge in [-0.25, -0.2) is 9.13 Å². The minimum Gasteiger partial charge on any atom is -0.550 e. The molecule has 1 unspecified atom stereocenters. The highest BCUT2D eigenvalue weighted by molar-refractivity contribution is 5.66. The van der Waals surface area contributed by atoms with Crippen LogP contribution in [0, 0.1) is 12.8 Å². The van der Waals surface area contributed by atoms with Crippen LogP contribution in [0.2, 0.25) is 0 Å². The zero-order valence-electron chi connectivity index (χ0n) is 9.56. The van der Waals surface area contributed by atoms with Gasteiger partial charge in [0.1, 0.15) is 12.4 Å². The summed E-state index contributed by atoms with van der Waals surface area (Å²) in [4.78, 5) is 10.6. The molecule has 1 atom stereocenters. The predicted octanol–water partition coefficient (Wildman–Crippen LogP) is -0.120. The van der Waals surface area contributed by atoms with E-state index in [1.54, 1.807) is 6.92 Å². The fraction of sp³-hybridized carbons (Fsp3) is 0.636. The first-order valence-electron chi connectivity index (χ1n) is 5.32. The van der Waals surface area contributed by atoms with E-state index in [1.807, 2.05) is 23.9 Å². The van der Waals surface area contributed by atoms with Crippen molar-refractivity contribution in [3.63, 3.8) is 0 Å². The van der Waals surface area contributed by atoms with Crippen LogP contribution in [0.15, 0.2) is 12.4 Å². The Morgan fingerprint density at radius 1 is 1.67 bits per heavy atom. The minimum absolute atomic E-state index is 0.453. The first kappa shape index (κ1) is 11.8. The zero-order chi connectivity index (χ0) is 11.4. The smallest absolute Gasteiger partial charge is 0.253 e. The van der Waals surface area contributed by atoms with Gasteiger partial charge in [0.05, 0.1) is 13.1 Å². The maximum absolute atomic E-state index is 10.6. The van der Waals surface area contributed by atoms with Crippen molar-refractivity contribution in [2.45, 2.75) is 40.3 Å². The molecule has 1 aromatic rings. The number of nitrogens with zero attached hydrogens (tertiary/aromatic N) is 2. The lowest BCUT2D eigenvalue weighted by Gasteiger charge is -2.10. The third-order valence-corrected chi connectivity index (χ3v) is 2.60. The average Bonchev–Trinajstić information content (AvgIpc) is 2.50. The molecule has 0 saturated heterocycles. The summed E-state index contributed by atoms with van der Waals surface area (Å²) in [6, 6.07) is 0. The molecular weight excluding hydrogens is 192 g/mol. The summed E-state index contributed by atoms with van der Waals surface area (Å²) in [7, 11) is 0. The van der Waals surface area contributed by atoms with E-state index in [0.717, 1.165) is 18.8 Å². The molecule has 84 valence electrons. The molecule has 0 fully saturated rings. The molecule has 0 spiro atoms. The SMILES string of the molecule is CCCn1cc[n+](CC(C)C(=O)[O-])c1C. The van der Waals surface area contributed by atoms with Crippen molar-refractivity contribution in [1.82, 2.24) is 4.57 Å². The van der Waals surface area contributed by atoms with Crippen LogP contribution in [0.25, 0.3) is 0 Å². The molecule has 0 aromatic carbocycles. The number of carboxylic acid groups (broad SMARTS) is 1. The standard InChI is InChI=1S/C11H18N2O2/c1-4-5-12-6-7-13(10(12)3)8-9(2)11(14)15/h6-7,9H,4-5,8H2,1-3H3. The van der Waals surface area contributed by atoms with Gasteiger partial charge in [-0.1, -0.05) is 13.8 Å². The van der Waals surface area contributed by atoms with E-state index >= 15 is 0 Å². The third-order valence-electron chi connectivity index (χ3n) is 2.60. The highest BCUT2D eigenvalue weighted by Gasteiger charge is 2.14. The van der Waals surface area contributed by atoms with Gasteiger partial charge in [0.25, 0.3) is 5.82 Å². The van der Waals surface area contributed by atoms with Crippen LogP contribution in [0.4, 0.5) is 0 Å². The third kappa shape index (κ3) is 2.81. The molecule has 0 aliphatic rings. The van der Waals surface area contributed by atoms with Gasteiger partial charge in [-0.15, -0.1) is 0 Å². The Morgan fingerprint density at radius 2 is 2.33 bits per heavy atom. The lowest BCUT2D eigenvalue weighted by atomic mass is 10.2. The quantitative estimate of drug-likeness (QED) is 0.636. The number of imidazole rings is 1. The number of aryl methyl sites for hydroxylation is 1. The van der Waals surface area contributed by atoms with Gasteiger partial charge in [-0.3, -0.25) is 0 Å². The number of aromatic nitrogens is 2. The normalized spacial score (nSPS) is 12.7. The van der Waals surface area contributed by atoms with Crippen molar-refractivity contribution >= 4 is 5.97 Å². The second-order valence-electron chi connectivity index (χ2n) is 3.91. The van der Waals surface area contributed by atoms with Crippen molar-refractivity contribution in [1.29, 1.82) is 0 Å². The van der Waals surface area contributed by atoms with Crippen LogP contribution in [0.3, 0.4) is 0 Å². The molecule has 1 heterocycles. The first-order chi connectivity index (χ1) is 7.06. The molecule has 0 saturated carbocycles. The Bertz CT molecular complexity index is 344. The molecule has 4 nitrogen and oxygen atoms in total. The highest BCUT2D eigenvalue weighted by atomic mass is 16.4. The molecule has 0 amide bonds. The summed E-state index contributed by atoms with van der Waals surface area (Å²) < 4.78 is 4.08. The van der Waals surface area contributed by atoms with Gasteiger partial charge in [0, 0.05) is 18.8 Å². The molecule has 0 bridgehead atoms. The highest BCUT2D eigenvalue weighted by Crippen LogP contribution is 1.99. The number of rotatable bonds is 5. The summed E-state index contributed by atoms with van der Waals surface area (Å²) >= 11 is 0. The average molecular weight is 210 g/mol. The van der Waals surface area contributed by atoms with Crippen LogP contribution in [-0.4, -0.2) is 10.5 Å².